The van der Waals surface area contributed by atoms with E-state index in [0.29, 0.717) is 28.7 Å². The van der Waals surface area contributed by atoms with Gasteiger partial charge in [0.05, 0.1) is 12.7 Å². The third-order valence-corrected chi connectivity index (χ3v) is 5.69. The van der Waals surface area contributed by atoms with Gasteiger partial charge in [-0.3, -0.25) is 0 Å². The number of fused-ring (bicyclic) bond motifs is 1. The Balaban J connectivity index is 1.99. The lowest BCUT2D eigenvalue weighted by atomic mass is 9.89. The number of allylic oxidation sites excluding steroid dienone is 1. The Hall–Kier alpha value is -3.27. The average molecular weight is 388 g/mol. The van der Waals surface area contributed by atoms with E-state index in [2.05, 4.69) is 0 Å². The van der Waals surface area contributed by atoms with E-state index in [1.807, 2.05) is 48.5 Å². The smallest absolute Gasteiger partial charge is 0.336 e. The molecule has 1 aliphatic carbocycles. The van der Waals surface area contributed by atoms with Crippen molar-refractivity contribution < 1.29 is 19.7 Å². The van der Waals surface area contributed by atoms with Crippen LogP contribution in [-0.4, -0.2) is 23.3 Å². The predicted molar refractivity (Wildman–Crippen MR) is 114 cm³/mol. The number of phenols is 1. The number of hydrogen-bond donors (Lipinski definition) is 2. The molecular weight excluding hydrogens is 364 g/mol. The maximum Gasteiger partial charge on any atom is 0.336 e. The molecule has 4 rings (SSSR count). The first-order valence-corrected chi connectivity index (χ1v) is 9.91. The van der Waals surface area contributed by atoms with Gasteiger partial charge in [0.2, 0.25) is 0 Å². The van der Waals surface area contributed by atoms with E-state index in [-0.39, 0.29) is 5.75 Å². The number of aromatic hydroxyl groups is 1. The van der Waals surface area contributed by atoms with Crippen molar-refractivity contribution in [2.24, 2.45) is 0 Å². The monoisotopic (exact) mass is 388 g/mol. The van der Waals surface area contributed by atoms with Crippen LogP contribution in [0.3, 0.4) is 0 Å². The predicted octanol–water partition coefficient (Wildman–Crippen LogP) is 5.56. The number of benzene rings is 3. The van der Waals surface area contributed by atoms with Crippen molar-refractivity contribution in [2.45, 2.75) is 32.1 Å². The molecule has 1 fully saturated rings. The lowest BCUT2D eigenvalue weighted by Crippen LogP contribution is -2.05. The number of methoxy groups -OCH3 is 1. The minimum Gasteiger partial charge on any atom is -0.504 e. The van der Waals surface area contributed by atoms with Crippen molar-refractivity contribution in [2.75, 3.05) is 7.11 Å². The maximum atomic E-state index is 12.2. The van der Waals surface area contributed by atoms with Gasteiger partial charge < -0.3 is 14.9 Å². The third-order valence-electron chi connectivity index (χ3n) is 5.69. The van der Waals surface area contributed by atoms with Crippen LogP contribution in [0.2, 0.25) is 0 Å². The summed E-state index contributed by atoms with van der Waals surface area (Å²) in [5.41, 5.74) is 4.00. The fraction of sp³-hybridized carbons (Fsp3) is 0.240. The van der Waals surface area contributed by atoms with Crippen LogP contribution >= 0.6 is 0 Å². The SMILES string of the molecule is COc1cc(C(C(=O)O)=C2CCCC2)c2cccc(Cc3ccccc3)c2c1O. The Morgan fingerprint density at radius 2 is 1.76 bits per heavy atom. The number of carboxylic acid groups (broad SMARTS) is 1. The van der Waals surface area contributed by atoms with Crippen molar-refractivity contribution in [1.29, 1.82) is 0 Å². The molecular formula is C25H24O4. The summed E-state index contributed by atoms with van der Waals surface area (Å²) >= 11 is 0. The zero-order valence-corrected chi connectivity index (χ0v) is 16.4. The Bertz CT molecular complexity index is 1090. The van der Waals surface area contributed by atoms with Gasteiger partial charge in [-0.2, -0.15) is 0 Å². The molecule has 4 heteroatoms. The standard InChI is InChI=1S/C25H24O4/c1-29-21-15-20(23(25(27)28)17-10-5-6-11-17)19-13-7-12-18(22(19)24(21)26)14-16-8-3-2-4-9-16/h2-4,7-9,12-13,15,26H,5-6,10-11,14H2,1H3,(H,27,28). The van der Waals surface area contributed by atoms with E-state index in [1.54, 1.807) is 6.07 Å². The highest BCUT2D eigenvalue weighted by Crippen LogP contribution is 2.43. The summed E-state index contributed by atoms with van der Waals surface area (Å²) in [4.78, 5) is 12.2. The van der Waals surface area contributed by atoms with Gasteiger partial charge in [0.1, 0.15) is 0 Å². The first kappa shape index (κ1) is 19.1. The number of phenolic OH excluding ortho intramolecular Hbond substituents is 1. The van der Waals surface area contributed by atoms with Crippen LogP contribution in [0.15, 0.2) is 60.2 Å². The summed E-state index contributed by atoms with van der Waals surface area (Å²) < 4.78 is 5.43. The van der Waals surface area contributed by atoms with E-state index in [0.717, 1.165) is 47.8 Å². The van der Waals surface area contributed by atoms with Gasteiger partial charge in [0.15, 0.2) is 11.5 Å². The van der Waals surface area contributed by atoms with Crippen LogP contribution < -0.4 is 4.74 Å². The molecule has 0 spiro atoms. The fourth-order valence-corrected chi connectivity index (χ4v) is 4.34. The lowest BCUT2D eigenvalue weighted by molar-refractivity contribution is -0.130. The summed E-state index contributed by atoms with van der Waals surface area (Å²) in [7, 11) is 1.49. The third kappa shape index (κ3) is 3.58. The van der Waals surface area contributed by atoms with Crippen LogP contribution in [0.1, 0.15) is 42.4 Å². The van der Waals surface area contributed by atoms with Crippen molar-refractivity contribution in [3.8, 4) is 11.5 Å². The molecule has 0 unspecified atom stereocenters. The molecule has 0 aliphatic heterocycles. The van der Waals surface area contributed by atoms with Crippen LogP contribution in [-0.2, 0) is 11.2 Å². The van der Waals surface area contributed by atoms with Crippen molar-refractivity contribution >= 4 is 22.3 Å². The lowest BCUT2D eigenvalue weighted by Gasteiger charge is -2.17. The molecule has 2 N–H and O–H groups in total. The second-order valence-electron chi connectivity index (χ2n) is 7.47. The normalized spacial score (nSPS) is 13.6. The van der Waals surface area contributed by atoms with Crippen molar-refractivity contribution in [3.05, 3.63) is 76.9 Å². The Morgan fingerprint density at radius 3 is 2.41 bits per heavy atom. The van der Waals surface area contributed by atoms with Crippen LogP contribution in [0.4, 0.5) is 0 Å². The van der Waals surface area contributed by atoms with Crippen LogP contribution in [0.25, 0.3) is 16.3 Å². The summed E-state index contributed by atoms with van der Waals surface area (Å²) in [5, 5.41) is 22.4. The molecule has 1 saturated carbocycles. The minimum absolute atomic E-state index is 0.0546. The zero-order chi connectivity index (χ0) is 20.4. The van der Waals surface area contributed by atoms with Gasteiger partial charge in [0, 0.05) is 10.9 Å². The first-order valence-electron chi connectivity index (χ1n) is 9.91. The average Bonchev–Trinajstić information content (AvgIpc) is 3.24. The quantitative estimate of drug-likeness (QED) is 0.562. The van der Waals surface area contributed by atoms with E-state index in [9.17, 15) is 15.0 Å². The minimum atomic E-state index is -0.926. The molecule has 0 atom stereocenters. The summed E-state index contributed by atoms with van der Waals surface area (Å²) in [6.45, 7) is 0. The van der Waals surface area contributed by atoms with Gasteiger partial charge in [0.25, 0.3) is 0 Å². The molecule has 148 valence electrons. The summed E-state index contributed by atoms with van der Waals surface area (Å²) in [6.07, 6.45) is 4.26. The second-order valence-corrected chi connectivity index (χ2v) is 7.47. The topological polar surface area (TPSA) is 66.8 Å². The molecule has 3 aromatic rings. The molecule has 3 aromatic carbocycles. The van der Waals surface area contributed by atoms with Crippen LogP contribution in [0.5, 0.6) is 11.5 Å². The molecule has 0 bridgehead atoms. The number of carboxylic acids is 1. The Kier molecular flexibility index (Phi) is 5.26. The maximum absolute atomic E-state index is 12.2. The Labute approximate surface area is 170 Å². The molecule has 0 heterocycles. The molecule has 0 radical (unpaired) electrons. The highest BCUT2D eigenvalue weighted by molar-refractivity contribution is 6.21. The first-order chi connectivity index (χ1) is 14.1. The molecule has 0 aromatic heterocycles. The molecule has 0 saturated heterocycles. The highest BCUT2D eigenvalue weighted by atomic mass is 16.5. The number of aliphatic carboxylic acids is 1. The van der Waals surface area contributed by atoms with E-state index in [1.165, 1.54) is 7.11 Å². The van der Waals surface area contributed by atoms with Gasteiger partial charge in [-0.15, -0.1) is 0 Å². The molecule has 29 heavy (non-hydrogen) atoms. The largest absolute Gasteiger partial charge is 0.504 e. The summed E-state index contributed by atoms with van der Waals surface area (Å²) in [6, 6.07) is 17.5. The molecule has 1 aliphatic rings. The number of ether oxygens (including phenoxy) is 1. The fourth-order valence-electron chi connectivity index (χ4n) is 4.34. The molecule has 4 nitrogen and oxygen atoms in total. The van der Waals surface area contributed by atoms with Crippen molar-refractivity contribution in [1.82, 2.24) is 0 Å². The highest BCUT2D eigenvalue weighted by Gasteiger charge is 2.24. The summed E-state index contributed by atoms with van der Waals surface area (Å²) in [5.74, 6) is -0.575. The molecule has 0 amide bonds. The van der Waals surface area contributed by atoms with Crippen molar-refractivity contribution in [3.63, 3.8) is 0 Å². The number of rotatable bonds is 5. The van der Waals surface area contributed by atoms with E-state index in [4.69, 9.17) is 4.74 Å². The van der Waals surface area contributed by atoms with Gasteiger partial charge >= 0.3 is 5.97 Å². The van der Waals surface area contributed by atoms with Gasteiger partial charge in [-0.25, -0.2) is 4.79 Å². The Morgan fingerprint density at radius 1 is 1.03 bits per heavy atom. The van der Waals surface area contributed by atoms with E-state index >= 15 is 0 Å². The van der Waals surface area contributed by atoms with Gasteiger partial charge in [-0.05, 0) is 54.7 Å². The van der Waals surface area contributed by atoms with Gasteiger partial charge in [-0.1, -0.05) is 54.1 Å². The van der Waals surface area contributed by atoms with E-state index < -0.39 is 5.97 Å². The second kappa shape index (κ2) is 8.00. The number of carbonyl (C=O) groups is 1. The number of hydrogen-bond acceptors (Lipinski definition) is 3. The zero-order valence-electron chi connectivity index (χ0n) is 16.4. The van der Waals surface area contributed by atoms with Crippen LogP contribution in [0, 0.1) is 0 Å².